The minimum atomic E-state index is 0.143. The molecule has 0 aliphatic carbocycles. The molecule has 0 bridgehead atoms. The van der Waals surface area contributed by atoms with E-state index in [2.05, 4.69) is 68.9 Å². The molecule has 1 heterocycles. The van der Waals surface area contributed by atoms with E-state index >= 15 is 0 Å². The highest BCUT2D eigenvalue weighted by Gasteiger charge is 2.12. The van der Waals surface area contributed by atoms with E-state index in [1.165, 1.54) is 12.0 Å². The number of anilines is 1. The zero-order chi connectivity index (χ0) is 15.2. The summed E-state index contributed by atoms with van der Waals surface area (Å²) in [6.45, 7) is 16.3. The Morgan fingerprint density at radius 3 is 2.55 bits per heavy atom. The Bertz CT molecular complexity index is 395. The molecule has 1 aromatic heterocycles. The van der Waals surface area contributed by atoms with Gasteiger partial charge >= 0.3 is 0 Å². The fourth-order valence-electron chi connectivity index (χ4n) is 2.00. The summed E-state index contributed by atoms with van der Waals surface area (Å²) in [5.41, 5.74) is 1.44. The smallest absolute Gasteiger partial charge is 0.128 e. The van der Waals surface area contributed by atoms with Crippen LogP contribution in [0.25, 0.3) is 0 Å². The third kappa shape index (κ3) is 5.91. The minimum absolute atomic E-state index is 0.143. The molecule has 0 fully saturated rings. The summed E-state index contributed by atoms with van der Waals surface area (Å²) >= 11 is 0. The second-order valence-electron chi connectivity index (χ2n) is 6.68. The van der Waals surface area contributed by atoms with Crippen molar-refractivity contribution in [3.05, 3.63) is 23.9 Å². The standard InChI is InChI=1S/C17H31N3/c1-7-14(3)13-20(8-2)16-11-15(9-10-18-16)12-19-17(4,5)6/h9-11,14,19H,7-8,12-13H2,1-6H3. The lowest BCUT2D eigenvalue weighted by Gasteiger charge is -2.26. The normalized spacial score (nSPS) is 13.3. The predicted octanol–water partition coefficient (Wildman–Crippen LogP) is 3.84. The van der Waals surface area contributed by atoms with Gasteiger partial charge in [0.2, 0.25) is 0 Å². The Morgan fingerprint density at radius 2 is 2.00 bits per heavy atom. The first kappa shape index (κ1) is 17.0. The fraction of sp³-hybridized carbons (Fsp3) is 0.706. The molecule has 0 aliphatic rings. The van der Waals surface area contributed by atoms with Crippen LogP contribution >= 0.6 is 0 Å². The maximum absolute atomic E-state index is 4.54. The lowest BCUT2D eigenvalue weighted by molar-refractivity contribution is 0.424. The first-order valence-corrected chi connectivity index (χ1v) is 7.80. The molecule has 3 nitrogen and oxygen atoms in total. The molecule has 0 spiro atoms. The molecule has 20 heavy (non-hydrogen) atoms. The van der Waals surface area contributed by atoms with E-state index in [9.17, 15) is 0 Å². The van der Waals surface area contributed by atoms with Crippen molar-refractivity contribution < 1.29 is 0 Å². The molecule has 0 amide bonds. The van der Waals surface area contributed by atoms with Crippen LogP contribution < -0.4 is 10.2 Å². The van der Waals surface area contributed by atoms with E-state index in [-0.39, 0.29) is 5.54 Å². The van der Waals surface area contributed by atoms with Crippen LogP contribution in [0.15, 0.2) is 18.3 Å². The van der Waals surface area contributed by atoms with Gasteiger partial charge in [-0.05, 0) is 51.3 Å². The molecule has 3 heteroatoms. The van der Waals surface area contributed by atoms with E-state index in [1.807, 2.05) is 6.20 Å². The van der Waals surface area contributed by atoms with Crippen molar-refractivity contribution >= 4 is 5.82 Å². The third-order valence-electron chi connectivity index (χ3n) is 3.57. The van der Waals surface area contributed by atoms with Gasteiger partial charge in [0.1, 0.15) is 5.82 Å². The monoisotopic (exact) mass is 277 g/mol. The SMILES string of the molecule is CCC(C)CN(CC)c1cc(CNC(C)(C)C)ccn1. The van der Waals surface area contributed by atoms with Gasteiger partial charge < -0.3 is 10.2 Å². The summed E-state index contributed by atoms with van der Waals surface area (Å²) in [6.07, 6.45) is 3.13. The summed E-state index contributed by atoms with van der Waals surface area (Å²) in [6, 6.07) is 4.31. The number of rotatable bonds is 7. The lowest BCUT2D eigenvalue weighted by atomic mass is 10.1. The average Bonchev–Trinajstić information content (AvgIpc) is 2.41. The van der Waals surface area contributed by atoms with Crippen LogP contribution in [-0.4, -0.2) is 23.6 Å². The van der Waals surface area contributed by atoms with Crippen LogP contribution in [0.5, 0.6) is 0 Å². The summed E-state index contributed by atoms with van der Waals surface area (Å²) in [5, 5.41) is 3.53. The van der Waals surface area contributed by atoms with Crippen molar-refractivity contribution in [2.24, 2.45) is 5.92 Å². The third-order valence-corrected chi connectivity index (χ3v) is 3.57. The van der Waals surface area contributed by atoms with Crippen LogP contribution in [0.4, 0.5) is 5.82 Å². The molecule has 0 radical (unpaired) electrons. The topological polar surface area (TPSA) is 28.2 Å². The Labute approximate surface area is 124 Å². The summed E-state index contributed by atoms with van der Waals surface area (Å²) in [7, 11) is 0. The predicted molar refractivity (Wildman–Crippen MR) is 88.2 cm³/mol. The molecule has 0 aromatic carbocycles. The Balaban J connectivity index is 2.74. The molecular formula is C17H31N3. The maximum atomic E-state index is 4.54. The number of hydrogen-bond acceptors (Lipinski definition) is 3. The van der Waals surface area contributed by atoms with Gasteiger partial charge in [-0.15, -0.1) is 0 Å². The number of nitrogens with one attached hydrogen (secondary N) is 1. The van der Waals surface area contributed by atoms with Gasteiger partial charge in [-0.3, -0.25) is 0 Å². The molecule has 114 valence electrons. The molecule has 1 atom stereocenters. The van der Waals surface area contributed by atoms with Crippen LogP contribution in [0, 0.1) is 5.92 Å². The summed E-state index contributed by atoms with van der Waals surface area (Å²) in [4.78, 5) is 6.91. The van der Waals surface area contributed by atoms with Gasteiger partial charge in [0.25, 0.3) is 0 Å². The number of nitrogens with zero attached hydrogens (tertiary/aromatic N) is 2. The van der Waals surface area contributed by atoms with Crippen molar-refractivity contribution in [1.82, 2.24) is 10.3 Å². The summed E-state index contributed by atoms with van der Waals surface area (Å²) < 4.78 is 0. The fourth-order valence-corrected chi connectivity index (χ4v) is 2.00. The molecule has 1 rings (SSSR count). The summed E-state index contributed by atoms with van der Waals surface area (Å²) in [5.74, 6) is 1.80. The molecule has 1 N–H and O–H groups in total. The largest absolute Gasteiger partial charge is 0.357 e. The maximum Gasteiger partial charge on any atom is 0.128 e. The highest BCUT2D eigenvalue weighted by molar-refractivity contribution is 5.40. The van der Waals surface area contributed by atoms with E-state index < -0.39 is 0 Å². The molecule has 0 saturated carbocycles. The van der Waals surface area contributed by atoms with Crippen molar-refractivity contribution in [2.45, 2.75) is 60.0 Å². The van der Waals surface area contributed by atoms with Gasteiger partial charge in [-0.2, -0.15) is 0 Å². The highest BCUT2D eigenvalue weighted by atomic mass is 15.2. The van der Waals surface area contributed by atoms with Gasteiger partial charge in [0.15, 0.2) is 0 Å². The molecule has 0 aliphatic heterocycles. The van der Waals surface area contributed by atoms with Crippen molar-refractivity contribution in [3.8, 4) is 0 Å². The second-order valence-corrected chi connectivity index (χ2v) is 6.68. The second kappa shape index (κ2) is 7.63. The zero-order valence-electron chi connectivity index (χ0n) is 14.0. The van der Waals surface area contributed by atoms with Crippen molar-refractivity contribution in [1.29, 1.82) is 0 Å². The van der Waals surface area contributed by atoms with E-state index in [0.717, 1.165) is 25.5 Å². The Hall–Kier alpha value is -1.09. The Morgan fingerprint density at radius 1 is 1.30 bits per heavy atom. The molecular weight excluding hydrogens is 246 g/mol. The van der Waals surface area contributed by atoms with Gasteiger partial charge in [-0.1, -0.05) is 20.3 Å². The number of aromatic nitrogens is 1. The van der Waals surface area contributed by atoms with Crippen LogP contribution in [0.1, 0.15) is 53.5 Å². The van der Waals surface area contributed by atoms with Crippen molar-refractivity contribution in [3.63, 3.8) is 0 Å². The van der Waals surface area contributed by atoms with E-state index in [0.29, 0.717) is 5.92 Å². The lowest BCUT2D eigenvalue weighted by Crippen LogP contribution is -2.35. The molecule has 1 aromatic rings. The Kier molecular flexibility index (Phi) is 6.47. The van der Waals surface area contributed by atoms with Crippen LogP contribution in [-0.2, 0) is 6.54 Å². The van der Waals surface area contributed by atoms with Gasteiger partial charge in [0, 0.05) is 31.4 Å². The molecule has 0 saturated heterocycles. The van der Waals surface area contributed by atoms with Crippen LogP contribution in [0.2, 0.25) is 0 Å². The zero-order valence-corrected chi connectivity index (χ0v) is 14.0. The number of pyridine rings is 1. The first-order valence-electron chi connectivity index (χ1n) is 7.80. The van der Waals surface area contributed by atoms with E-state index in [1.54, 1.807) is 0 Å². The molecule has 1 unspecified atom stereocenters. The average molecular weight is 277 g/mol. The minimum Gasteiger partial charge on any atom is -0.357 e. The van der Waals surface area contributed by atoms with Gasteiger partial charge in [-0.25, -0.2) is 4.98 Å². The van der Waals surface area contributed by atoms with Gasteiger partial charge in [0.05, 0.1) is 0 Å². The highest BCUT2D eigenvalue weighted by Crippen LogP contribution is 2.16. The first-order chi connectivity index (χ1) is 9.35. The quantitative estimate of drug-likeness (QED) is 0.820. The van der Waals surface area contributed by atoms with E-state index in [4.69, 9.17) is 0 Å². The van der Waals surface area contributed by atoms with Crippen molar-refractivity contribution in [2.75, 3.05) is 18.0 Å². The van der Waals surface area contributed by atoms with Crippen LogP contribution in [0.3, 0.4) is 0 Å². The number of hydrogen-bond donors (Lipinski definition) is 1.